The van der Waals surface area contributed by atoms with Gasteiger partial charge in [0.25, 0.3) is 0 Å². The number of benzene rings is 3. The van der Waals surface area contributed by atoms with Crippen LogP contribution >= 0.6 is 11.3 Å². The maximum Gasteiger partial charge on any atom is 0.240 e. The molecule has 0 saturated carbocycles. The highest BCUT2D eigenvalue weighted by molar-refractivity contribution is 7.16. The zero-order valence-electron chi connectivity index (χ0n) is 24.4. The van der Waals surface area contributed by atoms with Crippen molar-refractivity contribution in [3.05, 3.63) is 100 Å². The number of hydrogen-bond acceptors (Lipinski definition) is 6. The molecular weight excluding hydrogens is 568 g/mol. The Morgan fingerprint density at radius 2 is 1.56 bits per heavy atom. The van der Waals surface area contributed by atoms with Crippen LogP contribution in [0.25, 0.3) is 11.3 Å². The molecule has 0 bridgehead atoms. The van der Waals surface area contributed by atoms with Crippen molar-refractivity contribution in [3.63, 3.8) is 0 Å². The van der Waals surface area contributed by atoms with E-state index in [2.05, 4.69) is 20.1 Å². The van der Waals surface area contributed by atoms with E-state index in [4.69, 9.17) is 0 Å². The summed E-state index contributed by atoms with van der Waals surface area (Å²) in [4.78, 5) is 37.8. The standard InChI is InChI=1S/C33H35F2N5O2S/c1-23-32(26-10-14-29(35)15-11-26)37-33(43-23)36-31(42)22-39-19-18-38(20-25-8-12-28(34)13-9-25)16-5-17-40(24(2)41)30-7-4-3-6-27(30)21-39/h3-4,6-15H,5,16-22H2,1-2H3,(H,36,37,42). The predicted molar refractivity (Wildman–Crippen MR) is 167 cm³/mol. The van der Waals surface area contributed by atoms with E-state index in [1.807, 2.05) is 36.1 Å². The van der Waals surface area contributed by atoms with Crippen LogP contribution in [-0.4, -0.2) is 59.3 Å². The van der Waals surface area contributed by atoms with E-state index in [9.17, 15) is 18.4 Å². The Balaban J connectivity index is 1.35. The zero-order chi connectivity index (χ0) is 30.3. The molecule has 0 spiro atoms. The molecule has 1 N–H and O–H groups in total. The van der Waals surface area contributed by atoms with Gasteiger partial charge in [-0.1, -0.05) is 30.3 Å². The van der Waals surface area contributed by atoms with Gasteiger partial charge in [-0.05, 0) is 66.9 Å². The van der Waals surface area contributed by atoms with Gasteiger partial charge < -0.3 is 10.2 Å². The summed E-state index contributed by atoms with van der Waals surface area (Å²) in [5.41, 5.74) is 4.33. The van der Waals surface area contributed by atoms with E-state index in [-0.39, 0.29) is 30.0 Å². The highest BCUT2D eigenvalue weighted by Crippen LogP contribution is 2.30. The topological polar surface area (TPSA) is 68.8 Å². The van der Waals surface area contributed by atoms with Crippen molar-refractivity contribution in [3.8, 4) is 11.3 Å². The van der Waals surface area contributed by atoms with Gasteiger partial charge in [-0.3, -0.25) is 19.4 Å². The van der Waals surface area contributed by atoms with Gasteiger partial charge in [-0.15, -0.1) is 11.3 Å². The van der Waals surface area contributed by atoms with E-state index in [1.54, 1.807) is 31.2 Å². The van der Waals surface area contributed by atoms with Gasteiger partial charge in [0.1, 0.15) is 11.6 Å². The van der Waals surface area contributed by atoms with Gasteiger partial charge in [0.05, 0.1) is 12.2 Å². The lowest BCUT2D eigenvalue weighted by Crippen LogP contribution is -2.39. The van der Waals surface area contributed by atoms with Crippen LogP contribution in [0.2, 0.25) is 0 Å². The molecule has 43 heavy (non-hydrogen) atoms. The first-order valence-corrected chi connectivity index (χ1v) is 15.1. The van der Waals surface area contributed by atoms with E-state index in [0.29, 0.717) is 43.5 Å². The lowest BCUT2D eigenvalue weighted by atomic mass is 10.1. The first-order valence-electron chi connectivity index (χ1n) is 14.3. The molecule has 0 atom stereocenters. The molecule has 0 aliphatic carbocycles. The average molecular weight is 604 g/mol. The fourth-order valence-electron chi connectivity index (χ4n) is 5.35. The highest BCUT2D eigenvalue weighted by Gasteiger charge is 2.22. The smallest absolute Gasteiger partial charge is 0.240 e. The molecule has 4 aromatic rings. The van der Waals surface area contributed by atoms with Gasteiger partial charge in [-0.25, -0.2) is 13.8 Å². The minimum Gasteiger partial charge on any atom is -0.312 e. The van der Waals surface area contributed by atoms with Crippen LogP contribution in [0.5, 0.6) is 0 Å². The monoisotopic (exact) mass is 603 g/mol. The molecule has 1 aliphatic rings. The highest BCUT2D eigenvalue weighted by atomic mass is 32.1. The molecular formula is C33H35F2N5O2S. The van der Waals surface area contributed by atoms with Crippen molar-refractivity contribution in [1.82, 2.24) is 14.8 Å². The lowest BCUT2D eigenvalue weighted by Gasteiger charge is -2.27. The normalized spacial score (nSPS) is 15.0. The van der Waals surface area contributed by atoms with E-state index in [1.165, 1.54) is 35.6 Å². The number of nitrogens with zero attached hydrogens (tertiary/aromatic N) is 4. The predicted octanol–water partition coefficient (Wildman–Crippen LogP) is 6.10. The summed E-state index contributed by atoms with van der Waals surface area (Å²) in [6.45, 7) is 7.37. The van der Waals surface area contributed by atoms with E-state index in [0.717, 1.165) is 40.2 Å². The summed E-state index contributed by atoms with van der Waals surface area (Å²) >= 11 is 1.38. The molecule has 0 radical (unpaired) electrons. The number of aromatic nitrogens is 1. The maximum atomic E-state index is 13.5. The van der Waals surface area contributed by atoms with Gasteiger partial charge in [-0.2, -0.15) is 0 Å². The van der Waals surface area contributed by atoms with Crippen molar-refractivity contribution in [1.29, 1.82) is 0 Å². The van der Waals surface area contributed by atoms with Crippen LogP contribution in [0.1, 0.15) is 29.3 Å². The molecule has 0 fully saturated rings. The Labute approximate surface area is 254 Å². The van der Waals surface area contributed by atoms with E-state index < -0.39 is 0 Å². The minimum atomic E-state index is -0.315. The third kappa shape index (κ3) is 8.10. The molecule has 7 nitrogen and oxygen atoms in total. The number of fused-ring (bicyclic) bond motifs is 1. The third-order valence-corrected chi connectivity index (χ3v) is 8.38. The summed E-state index contributed by atoms with van der Waals surface area (Å²) in [6, 6.07) is 20.5. The van der Waals surface area contributed by atoms with Crippen LogP contribution in [0.3, 0.4) is 0 Å². The molecule has 0 unspecified atom stereocenters. The average Bonchev–Trinajstić information content (AvgIpc) is 3.33. The molecule has 10 heteroatoms. The third-order valence-electron chi connectivity index (χ3n) is 7.49. The molecule has 3 aromatic carbocycles. The molecule has 5 rings (SSSR count). The summed E-state index contributed by atoms with van der Waals surface area (Å²) in [6.07, 6.45) is 0.773. The Morgan fingerprint density at radius 1 is 0.884 bits per heavy atom. The fraction of sp³-hybridized carbons (Fsp3) is 0.303. The zero-order valence-corrected chi connectivity index (χ0v) is 25.2. The van der Waals surface area contributed by atoms with Crippen molar-refractivity contribution in [2.45, 2.75) is 33.4 Å². The number of hydrogen-bond donors (Lipinski definition) is 1. The van der Waals surface area contributed by atoms with Crippen LogP contribution in [0.15, 0.2) is 72.8 Å². The SMILES string of the molecule is CC(=O)N1CCCN(Cc2ccc(F)cc2)CCN(CC(=O)Nc2nc(-c3ccc(F)cc3)c(C)s2)Cc2ccccc21. The summed E-state index contributed by atoms with van der Waals surface area (Å²) in [5, 5.41) is 3.44. The second kappa shape index (κ2) is 14.0. The largest absolute Gasteiger partial charge is 0.312 e. The van der Waals surface area contributed by atoms with Gasteiger partial charge in [0, 0.05) is 62.3 Å². The number of carbonyl (C=O) groups excluding carboxylic acids is 2. The number of para-hydroxylation sites is 1. The molecule has 1 aliphatic heterocycles. The van der Waals surface area contributed by atoms with Crippen LogP contribution < -0.4 is 10.2 Å². The Kier molecular flexibility index (Phi) is 9.91. The lowest BCUT2D eigenvalue weighted by molar-refractivity contribution is -0.118. The van der Waals surface area contributed by atoms with Crippen LogP contribution in [0, 0.1) is 18.6 Å². The Hall–Kier alpha value is -3.99. The molecule has 2 amide bonds. The van der Waals surface area contributed by atoms with Crippen molar-refractivity contribution < 1.29 is 18.4 Å². The van der Waals surface area contributed by atoms with Crippen LogP contribution in [-0.2, 0) is 22.7 Å². The van der Waals surface area contributed by atoms with E-state index >= 15 is 0 Å². The first-order chi connectivity index (χ1) is 20.7. The maximum absolute atomic E-state index is 13.5. The van der Waals surface area contributed by atoms with Crippen molar-refractivity contribution in [2.24, 2.45) is 0 Å². The Morgan fingerprint density at radius 3 is 2.28 bits per heavy atom. The number of amides is 2. The number of halogens is 2. The second-order valence-electron chi connectivity index (χ2n) is 10.7. The molecule has 1 aromatic heterocycles. The molecule has 2 heterocycles. The number of thiazole rings is 1. The van der Waals surface area contributed by atoms with Crippen molar-refractivity contribution >= 4 is 34.0 Å². The van der Waals surface area contributed by atoms with Crippen molar-refractivity contribution in [2.75, 3.05) is 42.9 Å². The second-order valence-corrected chi connectivity index (χ2v) is 11.9. The van der Waals surface area contributed by atoms with Gasteiger partial charge in [0.15, 0.2) is 5.13 Å². The first kappa shape index (κ1) is 30.5. The fourth-order valence-corrected chi connectivity index (χ4v) is 6.20. The van der Waals surface area contributed by atoms with Crippen LogP contribution in [0.4, 0.5) is 19.6 Å². The minimum absolute atomic E-state index is 0.0304. The number of carbonyl (C=O) groups is 2. The quantitative estimate of drug-likeness (QED) is 0.289. The number of aryl methyl sites for hydroxylation is 1. The summed E-state index contributed by atoms with van der Waals surface area (Å²) in [7, 11) is 0. The number of nitrogens with one attached hydrogen (secondary N) is 1. The summed E-state index contributed by atoms with van der Waals surface area (Å²) < 4.78 is 26.9. The number of rotatable bonds is 6. The Bertz CT molecular complexity index is 1560. The molecule has 0 saturated heterocycles. The summed E-state index contributed by atoms with van der Waals surface area (Å²) in [5.74, 6) is -0.810. The number of anilines is 2. The van der Waals surface area contributed by atoms with Gasteiger partial charge >= 0.3 is 0 Å². The molecule has 224 valence electrons. The van der Waals surface area contributed by atoms with Gasteiger partial charge in [0.2, 0.25) is 11.8 Å².